The molecule has 0 heterocycles. The number of rotatable bonds is 4. The standard InChI is InChI=1S/C14H23N3O/c1-5-17(10-13(18)16-14(2,3)4)12-8-6-11(15)7-9-12/h6-9H,5,10,15H2,1-4H3,(H,16,18). The molecule has 0 aromatic heterocycles. The number of nitrogens with two attached hydrogens (primary N) is 1. The first-order valence-electron chi connectivity index (χ1n) is 6.23. The zero-order chi connectivity index (χ0) is 13.8. The van der Waals surface area contributed by atoms with Crippen LogP contribution in [0.5, 0.6) is 0 Å². The number of carbonyl (C=O) groups is 1. The fourth-order valence-corrected chi connectivity index (χ4v) is 1.70. The normalized spacial score (nSPS) is 11.1. The van der Waals surface area contributed by atoms with Crippen LogP contribution < -0.4 is 16.0 Å². The third-order valence-electron chi connectivity index (χ3n) is 2.49. The topological polar surface area (TPSA) is 58.4 Å². The fourth-order valence-electron chi connectivity index (χ4n) is 1.70. The minimum absolute atomic E-state index is 0.0289. The van der Waals surface area contributed by atoms with Crippen molar-refractivity contribution in [3.05, 3.63) is 24.3 Å². The molecule has 18 heavy (non-hydrogen) atoms. The minimum atomic E-state index is -0.197. The van der Waals surface area contributed by atoms with Crippen LogP contribution in [-0.4, -0.2) is 24.5 Å². The summed E-state index contributed by atoms with van der Waals surface area (Å²) in [5.41, 5.74) is 7.20. The predicted molar refractivity (Wildman–Crippen MR) is 76.6 cm³/mol. The highest BCUT2D eigenvalue weighted by molar-refractivity contribution is 5.82. The molecule has 1 amide bonds. The van der Waals surface area contributed by atoms with E-state index in [1.807, 2.05) is 56.9 Å². The Hall–Kier alpha value is -1.71. The van der Waals surface area contributed by atoms with E-state index in [1.54, 1.807) is 0 Å². The molecule has 0 aliphatic heterocycles. The van der Waals surface area contributed by atoms with Crippen molar-refractivity contribution in [2.45, 2.75) is 33.2 Å². The second kappa shape index (κ2) is 5.76. The first-order valence-corrected chi connectivity index (χ1v) is 6.23. The van der Waals surface area contributed by atoms with Crippen LogP contribution in [0.25, 0.3) is 0 Å². The van der Waals surface area contributed by atoms with E-state index >= 15 is 0 Å². The van der Waals surface area contributed by atoms with Crippen molar-refractivity contribution >= 4 is 17.3 Å². The molecule has 1 aromatic rings. The van der Waals surface area contributed by atoms with Crippen molar-refractivity contribution < 1.29 is 4.79 Å². The highest BCUT2D eigenvalue weighted by Gasteiger charge is 2.16. The van der Waals surface area contributed by atoms with Crippen LogP contribution in [0.15, 0.2) is 24.3 Å². The van der Waals surface area contributed by atoms with Gasteiger partial charge in [-0.1, -0.05) is 0 Å². The van der Waals surface area contributed by atoms with Crippen molar-refractivity contribution in [1.82, 2.24) is 5.32 Å². The molecule has 3 N–H and O–H groups in total. The van der Waals surface area contributed by atoms with Crippen LogP contribution in [0.2, 0.25) is 0 Å². The summed E-state index contributed by atoms with van der Waals surface area (Å²) in [5.74, 6) is 0.0289. The van der Waals surface area contributed by atoms with Gasteiger partial charge in [-0.15, -0.1) is 0 Å². The van der Waals surface area contributed by atoms with Crippen molar-refractivity contribution in [1.29, 1.82) is 0 Å². The van der Waals surface area contributed by atoms with Crippen LogP contribution >= 0.6 is 0 Å². The number of amides is 1. The van der Waals surface area contributed by atoms with Gasteiger partial charge < -0.3 is 16.0 Å². The van der Waals surface area contributed by atoms with Gasteiger partial charge in [0.15, 0.2) is 0 Å². The average molecular weight is 249 g/mol. The molecule has 1 aromatic carbocycles. The van der Waals surface area contributed by atoms with Gasteiger partial charge in [0.05, 0.1) is 6.54 Å². The molecule has 0 spiro atoms. The lowest BCUT2D eigenvalue weighted by Gasteiger charge is -2.26. The minimum Gasteiger partial charge on any atom is -0.399 e. The van der Waals surface area contributed by atoms with E-state index in [0.29, 0.717) is 6.54 Å². The SMILES string of the molecule is CCN(CC(=O)NC(C)(C)C)c1ccc(N)cc1. The molecule has 4 nitrogen and oxygen atoms in total. The molecule has 0 saturated carbocycles. The Morgan fingerprint density at radius 3 is 2.28 bits per heavy atom. The number of nitrogens with zero attached hydrogens (tertiary/aromatic N) is 1. The van der Waals surface area contributed by atoms with E-state index in [9.17, 15) is 4.79 Å². The second-order valence-corrected chi connectivity index (χ2v) is 5.40. The maximum atomic E-state index is 11.9. The molecule has 1 rings (SSSR count). The van der Waals surface area contributed by atoms with E-state index in [1.165, 1.54) is 0 Å². The van der Waals surface area contributed by atoms with E-state index in [-0.39, 0.29) is 11.4 Å². The number of carbonyl (C=O) groups excluding carboxylic acids is 1. The highest BCUT2D eigenvalue weighted by atomic mass is 16.2. The molecule has 100 valence electrons. The number of hydrogen-bond acceptors (Lipinski definition) is 3. The third-order valence-corrected chi connectivity index (χ3v) is 2.49. The Bertz CT molecular complexity index is 392. The number of nitrogen functional groups attached to an aromatic ring is 1. The largest absolute Gasteiger partial charge is 0.399 e. The number of likely N-dealkylation sites (N-methyl/N-ethyl adjacent to an activating group) is 1. The smallest absolute Gasteiger partial charge is 0.239 e. The number of nitrogens with one attached hydrogen (secondary N) is 1. The van der Waals surface area contributed by atoms with E-state index in [4.69, 9.17) is 5.73 Å². The van der Waals surface area contributed by atoms with Crippen molar-refractivity contribution in [2.75, 3.05) is 23.7 Å². The molecule has 0 saturated heterocycles. The number of hydrogen-bond donors (Lipinski definition) is 2. The lowest BCUT2D eigenvalue weighted by molar-refractivity contribution is -0.121. The third kappa shape index (κ3) is 4.65. The molecule has 0 unspecified atom stereocenters. The van der Waals surface area contributed by atoms with Crippen molar-refractivity contribution in [3.63, 3.8) is 0 Å². The molecule has 0 aliphatic carbocycles. The number of anilines is 2. The molecule has 0 aliphatic rings. The Morgan fingerprint density at radius 2 is 1.83 bits per heavy atom. The lowest BCUT2D eigenvalue weighted by Crippen LogP contribution is -2.46. The first kappa shape index (κ1) is 14.4. The lowest BCUT2D eigenvalue weighted by atomic mass is 10.1. The van der Waals surface area contributed by atoms with Gasteiger partial charge in [-0.3, -0.25) is 4.79 Å². The van der Waals surface area contributed by atoms with Crippen molar-refractivity contribution in [2.24, 2.45) is 0 Å². The highest BCUT2D eigenvalue weighted by Crippen LogP contribution is 2.15. The van der Waals surface area contributed by atoms with Gasteiger partial charge in [-0.25, -0.2) is 0 Å². The molecule has 0 fully saturated rings. The van der Waals surface area contributed by atoms with Crippen molar-refractivity contribution in [3.8, 4) is 0 Å². The average Bonchev–Trinajstić information content (AvgIpc) is 2.25. The van der Waals surface area contributed by atoms with E-state index in [0.717, 1.165) is 17.9 Å². The maximum absolute atomic E-state index is 11.9. The zero-order valence-electron chi connectivity index (χ0n) is 11.7. The molecule has 0 atom stereocenters. The Labute approximate surface area is 109 Å². The summed E-state index contributed by atoms with van der Waals surface area (Å²) in [6.45, 7) is 9.10. The van der Waals surface area contributed by atoms with E-state index < -0.39 is 0 Å². The zero-order valence-corrected chi connectivity index (χ0v) is 11.7. The van der Waals surface area contributed by atoms with Gasteiger partial charge in [0, 0.05) is 23.5 Å². The summed E-state index contributed by atoms with van der Waals surface area (Å²) in [4.78, 5) is 13.9. The molecule has 0 radical (unpaired) electrons. The van der Waals surface area contributed by atoms with Crippen LogP contribution in [0, 0.1) is 0 Å². The molecular weight excluding hydrogens is 226 g/mol. The Morgan fingerprint density at radius 1 is 1.28 bits per heavy atom. The molecule has 4 heteroatoms. The van der Waals surface area contributed by atoms with Crippen LogP contribution in [-0.2, 0) is 4.79 Å². The summed E-state index contributed by atoms with van der Waals surface area (Å²) < 4.78 is 0. The van der Waals surface area contributed by atoms with Gasteiger partial charge in [-0.2, -0.15) is 0 Å². The maximum Gasteiger partial charge on any atom is 0.239 e. The first-order chi connectivity index (χ1) is 8.31. The van der Waals surface area contributed by atoms with E-state index in [2.05, 4.69) is 5.32 Å². The quantitative estimate of drug-likeness (QED) is 0.803. The van der Waals surface area contributed by atoms with Gasteiger partial charge in [0.1, 0.15) is 0 Å². The summed E-state index contributed by atoms with van der Waals surface area (Å²) in [7, 11) is 0. The number of benzene rings is 1. The summed E-state index contributed by atoms with van der Waals surface area (Å²) in [6.07, 6.45) is 0. The summed E-state index contributed by atoms with van der Waals surface area (Å²) in [5, 5.41) is 2.96. The monoisotopic (exact) mass is 249 g/mol. The molecule has 0 bridgehead atoms. The van der Waals surface area contributed by atoms with Crippen LogP contribution in [0.3, 0.4) is 0 Å². The van der Waals surface area contributed by atoms with Gasteiger partial charge in [0.25, 0.3) is 0 Å². The van der Waals surface area contributed by atoms with Crippen LogP contribution in [0.1, 0.15) is 27.7 Å². The predicted octanol–water partition coefficient (Wildman–Crippen LogP) is 2.01. The second-order valence-electron chi connectivity index (χ2n) is 5.40. The Kier molecular flexibility index (Phi) is 4.59. The van der Waals surface area contributed by atoms with Crippen LogP contribution in [0.4, 0.5) is 11.4 Å². The molecular formula is C14H23N3O. The van der Waals surface area contributed by atoms with Gasteiger partial charge in [-0.05, 0) is 52.0 Å². The summed E-state index contributed by atoms with van der Waals surface area (Å²) in [6, 6.07) is 7.56. The Balaban J connectivity index is 2.68. The van der Waals surface area contributed by atoms with Gasteiger partial charge >= 0.3 is 0 Å². The fraction of sp³-hybridized carbons (Fsp3) is 0.500. The van der Waals surface area contributed by atoms with Gasteiger partial charge in [0.2, 0.25) is 5.91 Å². The summed E-state index contributed by atoms with van der Waals surface area (Å²) >= 11 is 0.